The number of rotatable bonds is 7. The summed E-state index contributed by atoms with van der Waals surface area (Å²) < 4.78 is 13.8. The standard InChI is InChI=1S/C28H37ClN4O3/c1-6-13-32-16-11-22-24(30-26(29)31-25(22)32)21-7-8-23(19(2)18-21)35-17-12-20-9-14-33(15-10-20)27(34)36-28(3,4)5/h7-8,11,16,18,20H,6,9-10,12-15,17H2,1-5H3. The van der Waals surface area contributed by atoms with Gasteiger partial charge in [0.05, 0.1) is 12.3 Å². The van der Waals surface area contributed by atoms with Crippen molar-refractivity contribution in [3.63, 3.8) is 0 Å². The smallest absolute Gasteiger partial charge is 0.410 e. The second kappa shape index (κ2) is 11.1. The van der Waals surface area contributed by atoms with Crippen LogP contribution in [0.3, 0.4) is 0 Å². The quantitative estimate of drug-likeness (QED) is 0.322. The van der Waals surface area contributed by atoms with Gasteiger partial charge in [-0.05, 0) is 101 Å². The molecule has 194 valence electrons. The fraction of sp³-hybridized carbons (Fsp3) is 0.536. The molecule has 3 aromatic rings. The molecule has 0 aliphatic carbocycles. The van der Waals surface area contributed by atoms with Gasteiger partial charge in [-0.15, -0.1) is 0 Å². The highest BCUT2D eigenvalue weighted by molar-refractivity contribution is 6.28. The first-order chi connectivity index (χ1) is 17.1. The normalized spacial score (nSPS) is 14.9. The van der Waals surface area contributed by atoms with Gasteiger partial charge in [0.25, 0.3) is 0 Å². The van der Waals surface area contributed by atoms with E-state index in [1.165, 1.54) is 0 Å². The number of aryl methyl sites for hydroxylation is 2. The first kappa shape index (κ1) is 26.3. The molecule has 0 spiro atoms. The number of halogens is 1. The van der Waals surface area contributed by atoms with Gasteiger partial charge >= 0.3 is 6.09 Å². The van der Waals surface area contributed by atoms with Crippen LogP contribution in [0, 0.1) is 12.8 Å². The van der Waals surface area contributed by atoms with E-state index in [0.29, 0.717) is 12.5 Å². The van der Waals surface area contributed by atoms with Gasteiger partial charge in [-0.25, -0.2) is 9.78 Å². The molecule has 2 aromatic heterocycles. The molecule has 0 saturated carbocycles. The van der Waals surface area contributed by atoms with Crippen LogP contribution in [0.5, 0.6) is 5.75 Å². The molecule has 0 N–H and O–H groups in total. The molecule has 36 heavy (non-hydrogen) atoms. The fourth-order valence-electron chi connectivity index (χ4n) is 4.70. The molecule has 0 unspecified atom stereocenters. The Bertz CT molecular complexity index is 1210. The van der Waals surface area contributed by atoms with E-state index in [2.05, 4.69) is 40.5 Å². The van der Waals surface area contributed by atoms with Crippen LogP contribution in [0.1, 0.15) is 58.9 Å². The molecule has 1 saturated heterocycles. The highest BCUT2D eigenvalue weighted by Crippen LogP contribution is 2.32. The first-order valence-corrected chi connectivity index (χ1v) is 13.3. The molecule has 1 aromatic carbocycles. The number of hydrogen-bond donors (Lipinski definition) is 0. The Morgan fingerprint density at radius 3 is 2.58 bits per heavy atom. The number of benzene rings is 1. The van der Waals surface area contributed by atoms with Crippen LogP contribution in [-0.4, -0.2) is 50.8 Å². The molecule has 3 heterocycles. The largest absolute Gasteiger partial charge is 0.493 e. The predicted octanol–water partition coefficient (Wildman–Crippen LogP) is 6.89. The molecule has 1 aliphatic heterocycles. The van der Waals surface area contributed by atoms with Gasteiger partial charge in [0.15, 0.2) is 0 Å². The van der Waals surface area contributed by atoms with Crippen molar-refractivity contribution in [1.29, 1.82) is 0 Å². The SMILES string of the molecule is CCCn1ccc2c(-c3ccc(OCCC4CCN(C(=O)OC(C)(C)C)CC4)c(C)c3)nc(Cl)nc21. The van der Waals surface area contributed by atoms with Crippen molar-refractivity contribution < 1.29 is 14.3 Å². The van der Waals surface area contributed by atoms with Gasteiger partial charge in [0, 0.05) is 36.8 Å². The highest BCUT2D eigenvalue weighted by atomic mass is 35.5. The van der Waals surface area contributed by atoms with Crippen molar-refractivity contribution >= 4 is 28.7 Å². The van der Waals surface area contributed by atoms with Crippen molar-refractivity contribution in [2.75, 3.05) is 19.7 Å². The maximum absolute atomic E-state index is 12.3. The summed E-state index contributed by atoms with van der Waals surface area (Å²) in [6.07, 6.45) is 5.78. The summed E-state index contributed by atoms with van der Waals surface area (Å²) in [6, 6.07) is 8.21. The molecule has 8 heteroatoms. The molecule has 0 bridgehead atoms. The number of hydrogen-bond acceptors (Lipinski definition) is 5. The van der Waals surface area contributed by atoms with Gasteiger partial charge in [-0.2, -0.15) is 4.98 Å². The van der Waals surface area contributed by atoms with Crippen LogP contribution in [0.25, 0.3) is 22.3 Å². The Morgan fingerprint density at radius 1 is 1.17 bits per heavy atom. The second-order valence-electron chi connectivity index (χ2n) is 10.6. The van der Waals surface area contributed by atoms with Crippen molar-refractivity contribution in [2.45, 2.75) is 72.4 Å². The molecule has 0 atom stereocenters. The molecule has 0 radical (unpaired) electrons. The van der Waals surface area contributed by atoms with Crippen LogP contribution in [0.15, 0.2) is 30.5 Å². The third kappa shape index (κ3) is 6.30. The minimum absolute atomic E-state index is 0.211. The van der Waals surface area contributed by atoms with Crippen molar-refractivity contribution in [3.8, 4) is 17.0 Å². The van der Waals surface area contributed by atoms with Gasteiger partial charge in [0.2, 0.25) is 5.28 Å². The van der Waals surface area contributed by atoms with E-state index in [4.69, 9.17) is 21.1 Å². The topological polar surface area (TPSA) is 69.5 Å². The molecule has 1 aliphatic rings. The zero-order valence-corrected chi connectivity index (χ0v) is 22.8. The Labute approximate surface area is 218 Å². The zero-order chi connectivity index (χ0) is 25.9. The van der Waals surface area contributed by atoms with E-state index in [0.717, 1.165) is 78.9 Å². The minimum Gasteiger partial charge on any atom is -0.493 e. The van der Waals surface area contributed by atoms with Crippen LogP contribution >= 0.6 is 11.6 Å². The lowest BCUT2D eigenvalue weighted by Gasteiger charge is -2.33. The van der Waals surface area contributed by atoms with Crippen molar-refractivity contribution in [2.24, 2.45) is 5.92 Å². The maximum atomic E-state index is 12.3. The fourth-order valence-corrected chi connectivity index (χ4v) is 4.87. The Balaban J connectivity index is 1.34. The van der Waals surface area contributed by atoms with Gasteiger partial charge in [-0.1, -0.05) is 6.92 Å². The molecular formula is C28H37ClN4O3. The van der Waals surface area contributed by atoms with E-state index in [-0.39, 0.29) is 11.4 Å². The van der Waals surface area contributed by atoms with Crippen molar-refractivity contribution in [3.05, 3.63) is 41.3 Å². The Morgan fingerprint density at radius 2 is 1.92 bits per heavy atom. The van der Waals surface area contributed by atoms with E-state index in [1.54, 1.807) is 0 Å². The summed E-state index contributed by atoms with van der Waals surface area (Å²) in [4.78, 5) is 23.1. The number of carbonyl (C=O) groups excluding carboxylic acids is 1. The van der Waals surface area contributed by atoms with Crippen LogP contribution in [0.4, 0.5) is 4.79 Å². The number of ether oxygens (including phenoxy) is 2. The lowest BCUT2D eigenvalue weighted by molar-refractivity contribution is 0.0177. The van der Waals surface area contributed by atoms with Gasteiger partial charge in [0.1, 0.15) is 17.0 Å². The Hall–Kier alpha value is -2.80. The lowest BCUT2D eigenvalue weighted by Crippen LogP contribution is -2.41. The second-order valence-corrected chi connectivity index (χ2v) is 11.0. The van der Waals surface area contributed by atoms with Crippen LogP contribution < -0.4 is 4.74 Å². The average Bonchev–Trinajstić information content (AvgIpc) is 3.21. The summed E-state index contributed by atoms with van der Waals surface area (Å²) in [5.74, 6) is 1.43. The predicted molar refractivity (Wildman–Crippen MR) is 144 cm³/mol. The monoisotopic (exact) mass is 512 g/mol. The number of amides is 1. The lowest BCUT2D eigenvalue weighted by atomic mass is 9.94. The average molecular weight is 513 g/mol. The Kier molecular flexibility index (Phi) is 8.08. The number of likely N-dealkylation sites (tertiary alicyclic amines) is 1. The highest BCUT2D eigenvalue weighted by Gasteiger charge is 2.26. The number of piperidine rings is 1. The molecule has 7 nitrogen and oxygen atoms in total. The maximum Gasteiger partial charge on any atom is 0.410 e. The zero-order valence-electron chi connectivity index (χ0n) is 22.0. The number of fused-ring (bicyclic) bond motifs is 1. The van der Waals surface area contributed by atoms with Crippen molar-refractivity contribution in [1.82, 2.24) is 19.4 Å². The summed E-state index contributed by atoms with van der Waals surface area (Å²) >= 11 is 6.28. The number of aromatic nitrogens is 3. The third-order valence-corrected chi connectivity index (χ3v) is 6.72. The van der Waals surface area contributed by atoms with Crippen LogP contribution in [-0.2, 0) is 11.3 Å². The summed E-state index contributed by atoms with van der Waals surface area (Å²) in [5, 5.41) is 1.25. The third-order valence-electron chi connectivity index (χ3n) is 6.55. The van der Waals surface area contributed by atoms with E-state index in [1.807, 2.05) is 44.0 Å². The van der Waals surface area contributed by atoms with E-state index < -0.39 is 5.60 Å². The summed E-state index contributed by atoms with van der Waals surface area (Å²) in [7, 11) is 0. The minimum atomic E-state index is -0.457. The van der Waals surface area contributed by atoms with Crippen LogP contribution in [0.2, 0.25) is 5.28 Å². The summed E-state index contributed by atoms with van der Waals surface area (Å²) in [5.41, 5.74) is 3.30. The molecule has 1 amide bonds. The molecule has 4 rings (SSSR count). The van der Waals surface area contributed by atoms with Gasteiger partial charge < -0.3 is 18.9 Å². The summed E-state index contributed by atoms with van der Waals surface area (Å²) in [6.45, 7) is 12.9. The number of carbonyl (C=O) groups is 1. The number of nitrogens with zero attached hydrogens (tertiary/aromatic N) is 4. The van der Waals surface area contributed by atoms with Gasteiger partial charge in [-0.3, -0.25) is 0 Å². The molecular weight excluding hydrogens is 476 g/mol. The first-order valence-electron chi connectivity index (χ1n) is 12.9. The van der Waals surface area contributed by atoms with E-state index >= 15 is 0 Å². The molecule has 1 fully saturated rings. The van der Waals surface area contributed by atoms with E-state index in [9.17, 15) is 4.79 Å².